The number of hydrogen-bond acceptors (Lipinski definition) is 7. The van der Waals surface area contributed by atoms with Gasteiger partial charge in [0.15, 0.2) is 22.7 Å². The molecule has 0 saturated heterocycles. The van der Waals surface area contributed by atoms with E-state index in [1.807, 2.05) is 30.3 Å². The van der Waals surface area contributed by atoms with Gasteiger partial charge in [0.25, 0.3) is 0 Å². The second-order valence-corrected chi connectivity index (χ2v) is 6.00. The van der Waals surface area contributed by atoms with Crippen LogP contribution < -0.4 is 0 Å². The van der Waals surface area contributed by atoms with Crippen molar-refractivity contribution in [3.05, 3.63) is 36.7 Å². The molecule has 0 radical (unpaired) electrons. The topological polar surface area (TPSA) is 90.6 Å². The molecule has 0 amide bonds. The van der Waals surface area contributed by atoms with Crippen molar-refractivity contribution in [2.45, 2.75) is 24.1 Å². The SMILES string of the molecule is CC(=O)C(Sc1ncnc2c1nnn2-c1ccccc1)C(C)=O. The lowest BCUT2D eigenvalue weighted by molar-refractivity contribution is -0.123. The largest absolute Gasteiger partial charge is 0.298 e. The fraction of sp³-hybridized carbons (Fsp3) is 0.200. The normalized spacial score (nSPS) is 11.1. The number of aromatic nitrogens is 5. The lowest BCUT2D eigenvalue weighted by Crippen LogP contribution is -2.22. The first-order valence-corrected chi connectivity index (χ1v) is 7.75. The Labute approximate surface area is 136 Å². The lowest BCUT2D eigenvalue weighted by Gasteiger charge is -2.08. The Morgan fingerprint density at radius 2 is 1.78 bits per heavy atom. The standard InChI is InChI=1S/C15H13N5O2S/c1-9(21)13(10(2)22)23-15-12-14(16-8-17-15)20(19-18-12)11-6-4-3-5-7-11/h3-8,13H,1-2H3. The lowest BCUT2D eigenvalue weighted by atomic mass is 10.2. The van der Waals surface area contributed by atoms with Crippen molar-refractivity contribution in [3.8, 4) is 5.69 Å². The molecular weight excluding hydrogens is 314 g/mol. The summed E-state index contributed by atoms with van der Waals surface area (Å²) in [5.74, 6) is -0.436. The molecule has 0 aliphatic rings. The van der Waals surface area contributed by atoms with E-state index in [0.29, 0.717) is 16.2 Å². The molecule has 0 unspecified atom stereocenters. The van der Waals surface area contributed by atoms with Crippen molar-refractivity contribution < 1.29 is 9.59 Å². The fourth-order valence-electron chi connectivity index (χ4n) is 2.12. The van der Waals surface area contributed by atoms with E-state index in [0.717, 1.165) is 17.4 Å². The van der Waals surface area contributed by atoms with E-state index in [9.17, 15) is 9.59 Å². The molecule has 1 aromatic carbocycles. The quantitative estimate of drug-likeness (QED) is 0.401. The number of thioether (sulfide) groups is 1. The van der Waals surface area contributed by atoms with Crippen LogP contribution in [-0.4, -0.2) is 41.8 Å². The highest BCUT2D eigenvalue weighted by molar-refractivity contribution is 8.01. The Hall–Kier alpha value is -2.61. The molecule has 3 aromatic rings. The minimum Gasteiger partial charge on any atom is -0.298 e. The molecule has 0 aliphatic carbocycles. The summed E-state index contributed by atoms with van der Waals surface area (Å²) in [6, 6.07) is 9.46. The number of ketones is 2. The highest BCUT2D eigenvalue weighted by Gasteiger charge is 2.24. The van der Waals surface area contributed by atoms with Gasteiger partial charge in [-0.25, -0.2) is 9.97 Å². The number of Topliss-reactive ketones (excluding diaryl/α,β-unsaturated/α-hetero) is 2. The molecule has 0 atom stereocenters. The van der Waals surface area contributed by atoms with Crippen molar-refractivity contribution in [2.75, 3.05) is 0 Å². The summed E-state index contributed by atoms with van der Waals surface area (Å²) in [4.78, 5) is 31.6. The first kappa shape index (κ1) is 15.3. The van der Waals surface area contributed by atoms with Crippen LogP contribution in [-0.2, 0) is 9.59 Å². The summed E-state index contributed by atoms with van der Waals surface area (Å²) in [6.45, 7) is 2.77. The van der Waals surface area contributed by atoms with Crippen LogP contribution in [0.25, 0.3) is 16.9 Å². The average molecular weight is 327 g/mol. The molecule has 7 nitrogen and oxygen atoms in total. The van der Waals surface area contributed by atoms with E-state index < -0.39 is 5.25 Å². The maximum absolute atomic E-state index is 11.6. The van der Waals surface area contributed by atoms with Crippen LogP contribution >= 0.6 is 11.8 Å². The van der Waals surface area contributed by atoms with E-state index in [-0.39, 0.29) is 11.6 Å². The second-order valence-electron chi connectivity index (χ2n) is 4.91. The molecule has 0 fully saturated rings. The van der Waals surface area contributed by atoms with Gasteiger partial charge in [-0.1, -0.05) is 35.2 Å². The van der Waals surface area contributed by atoms with Crippen LogP contribution in [0.5, 0.6) is 0 Å². The smallest absolute Gasteiger partial charge is 0.187 e. The van der Waals surface area contributed by atoms with Gasteiger partial charge in [0, 0.05) is 0 Å². The van der Waals surface area contributed by atoms with Gasteiger partial charge in [-0.05, 0) is 26.0 Å². The zero-order chi connectivity index (χ0) is 16.4. The maximum atomic E-state index is 11.6. The summed E-state index contributed by atoms with van der Waals surface area (Å²) >= 11 is 1.08. The fourth-order valence-corrected chi connectivity index (χ4v) is 3.03. The zero-order valence-electron chi connectivity index (χ0n) is 12.5. The van der Waals surface area contributed by atoms with E-state index in [1.54, 1.807) is 4.68 Å². The third-order valence-electron chi connectivity index (χ3n) is 3.17. The minimum atomic E-state index is -0.796. The molecule has 8 heteroatoms. The molecule has 0 spiro atoms. The van der Waals surface area contributed by atoms with Crippen molar-refractivity contribution in [1.82, 2.24) is 25.0 Å². The number of carbonyl (C=O) groups is 2. The molecule has 116 valence electrons. The summed E-state index contributed by atoms with van der Waals surface area (Å²) in [5, 5.41) is 7.88. The first-order valence-electron chi connectivity index (χ1n) is 6.87. The van der Waals surface area contributed by atoms with Crippen molar-refractivity contribution in [1.29, 1.82) is 0 Å². The summed E-state index contributed by atoms with van der Waals surface area (Å²) in [7, 11) is 0. The number of benzene rings is 1. The van der Waals surface area contributed by atoms with Crippen LogP contribution in [0.1, 0.15) is 13.8 Å². The average Bonchev–Trinajstić information content (AvgIpc) is 2.97. The van der Waals surface area contributed by atoms with Crippen molar-refractivity contribution in [2.24, 2.45) is 0 Å². The third-order valence-corrected chi connectivity index (χ3v) is 4.59. The molecule has 0 bridgehead atoms. The van der Waals surface area contributed by atoms with Gasteiger partial charge in [-0.15, -0.1) is 5.10 Å². The number of fused-ring (bicyclic) bond motifs is 1. The Morgan fingerprint density at radius 3 is 2.43 bits per heavy atom. The molecule has 3 rings (SSSR count). The van der Waals surface area contributed by atoms with Crippen LogP contribution in [0.2, 0.25) is 0 Å². The summed E-state index contributed by atoms with van der Waals surface area (Å²) < 4.78 is 1.59. The minimum absolute atomic E-state index is 0.218. The van der Waals surface area contributed by atoms with E-state index in [4.69, 9.17) is 0 Å². The molecule has 0 aliphatic heterocycles. The van der Waals surface area contributed by atoms with Crippen LogP contribution in [0.4, 0.5) is 0 Å². The monoisotopic (exact) mass is 327 g/mol. The van der Waals surface area contributed by atoms with Gasteiger partial charge < -0.3 is 0 Å². The van der Waals surface area contributed by atoms with E-state index in [2.05, 4.69) is 20.3 Å². The molecule has 2 aromatic heterocycles. The molecule has 23 heavy (non-hydrogen) atoms. The number of carbonyl (C=O) groups excluding carboxylic acids is 2. The van der Waals surface area contributed by atoms with Gasteiger partial charge in [-0.2, -0.15) is 4.68 Å². The molecule has 0 saturated carbocycles. The first-order chi connectivity index (χ1) is 11.1. The van der Waals surface area contributed by atoms with E-state index in [1.165, 1.54) is 20.2 Å². The summed E-state index contributed by atoms with van der Waals surface area (Å²) in [5.41, 5.74) is 1.81. The highest BCUT2D eigenvalue weighted by atomic mass is 32.2. The van der Waals surface area contributed by atoms with Gasteiger partial charge in [0.1, 0.15) is 16.6 Å². The number of rotatable bonds is 5. The Morgan fingerprint density at radius 1 is 1.09 bits per heavy atom. The molecule has 0 N–H and O–H groups in total. The van der Waals surface area contributed by atoms with Gasteiger partial charge in [0.2, 0.25) is 0 Å². The van der Waals surface area contributed by atoms with Crippen LogP contribution in [0, 0.1) is 0 Å². The third kappa shape index (κ3) is 2.98. The van der Waals surface area contributed by atoms with Gasteiger partial charge >= 0.3 is 0 Å². The summed E-state index contributed by atoms with van der Waals surface area (Å²) in [6.07, 6.45) is 1.38. The molecular formula is C15H13N5O2S. The Balaban J connectivity index is 2.06. The predicted octanol–water partition coefficient (Wildman–Crippen LogP) is 1.85. The Bertz CT molecular complexity index is 864. The highest BCUT2D eigenvalue weighted by Crippen LogP contribution is 2.28. The van der Waals surface area contributed by atoms with Gasteiger partial charge in [0.05, 0.1) is 5.69 Å². The van der Waals surface area contributed by atoms with E-state index >= 15 is 0 Å². The van der Waals surface area contributed by atoms with Crippen molar-refractivity contribution in [3.63, 3.8) is 0 Å². The number of hydrogen-bond donors (Lipinski definition) is 0. The second kappa shape index (κ2) is 6.25. The Kier molecular flexibility index (Phi) is 4.16. The van der Waals surface area contributed by atoms with Gasteiger partial charge in [-0.3, -0.25) is 9.59 Å². The predicted molar refractivity (Wildman–Crippen MR) is 85.5 cm³/mol. The van der Waals surface area contributed by atoms with Crippen molar-refractivity contribution >= 4 is 34.5 Å². The molecule has 2 heterocycles. The maximum Gasteiger partial charge on any atom is 0.187 e. The number of para-hydroxylation sites is 1. The van der Waals surface area contributed by atoms with Crippen LogP contribution in [0.3, 0.4) is 0 Å². The van der Waals surface area contributed by atoms with Crippen LogP contribution in [0.15, 0.2) is 41.7 Å². The zero-order valence-corrected chi connectivity index (χ0v) is 13.3. The number of nitrogens with zero attached hydrogens (tertiary/aromatic N) is 5.